The molecule has 21 heavy (non-hydrogen) atoms. The van der Waals surface area contributed by atoms with E-state index in [1.165, 1.54) is 6.26 Å². The second-order valence-electron chi connectivity index (χ2n) is 4.85. The van der Waals surface area contributed by atoms with Crippen LogP contribution >= 0.6 is 23.2 Å². The normalized spacial score (nSPS) is 13.1. The van der Waals surface area contributed by atoms with Gasteiger partial charge in [0.2, 0.25) is 0 Å². The zero-order valence-corrected chi connectivity index (χ0v) is 13.7. The van der Waals surface area contributed by atoms with Gasteiger partial charge in [-0.3, -0.25) is 0 Å². The van der Waals surface area contributed by atoms with Gasteiger partial charge in [0.15, 0.2) is 9.84 Å². The second-order valence-corrected chi connectivity index (χ2v) is 7.68. The SMILES string of the molecule is CS(=O)(=O)c1ccc(C(N)Cc2c(Cl)cccc2Cl)cc1. The van der Waals surface area contributed by atoms with Crippen LogP contribution in [0.3, 0.4) is 0 Å². The molecule has 0 spiro atoms. The highest BCUT2D eigenvalue weighted by Gasteiger charge is 2.14. The average molecular weight is 344 g/mol. The Morgan fingerprint density at radius 2 is 1.57 bits per heavy atom. The van der Waals surface area contributed by atoms with Gasteiger partial charge in [0.05, 0.1) is 4.90 Å². The summed E-state index contributed by atoms with van der Waals surface area (Å²) in [5.41, 5.74) is 7.78. The van der Waals surface area contributed by atoms with Crippen LogP contribution in [0.5, 0.6) is 0 Å². The van der Waals surface area contributed by atoms with Crippen LogP contribution in [0.2, 0.25) is 10.0 Å². The first-order chi connectivity index (χ1) is 9.79. The summed E-state index contributed by atoms with van der Waals surface area (Å²) < 4.78 is 22.9. The fourth-order valence-corrected chi connectivity index (χ4v) is 3.21. The van der Waals surface area contributed by atoms with Gasteiger partial charge in [-0.25, -0.2) is 8.42 Å². The zero-order valence-electron chi connectivity index (χ0n) is 11.4. The van der Waals surface area contributed by atoms with Crippen LogP contribution in [-0.4, -0.2) is 14.7 Å². The van der Waals surface area contributed by atoms with E-state index < -0.39 is 9.84 Å². The molecule has 2 rings (SSSR count). The van der Waals surface area contributed by atoms with Crippen LogP contribution in [-0.2, 0) is 16.3 Å². The standard InChI is InChI=1S/C15H15Cl2NO2S/c1-21(19,20)11-7-5-10(6-8-11)15(18)9-12-13(16)3-2-4-14(12)17/h2-8,15H,9,18H2,1H3. The van der Waals surface area contributed by atoms with Crippen molar-refractivity contribution in [2.45, 2.75) is 17.4 Å². The Morgan fingerprint density at radius 1 is 1.05 bits per heavy atom. The summed E-state index contributed by atoms with van der Waals surface area (Å²) in [4.78, 5) is 0.272. The number of rotatable bonds is 4. The minimum atomic E-state index is -3.20. The third-order valence-electron chi connectivity index (χ3n) is 3.22. The number of hydrogen-bond acceptors (Lipinski definition) is 3. The fraction of sp³-hybridized carbons (Fsp3) is 0.200. The molecule has 0 saturated carbocycles. The fourth-order valence-electron chi connectivity index (χ4n) is 2.03. The second kappa shape index (κ2) is 6.36. The molecule has 0 aliphatic rings. The van der Waals surface area contributed by atoms with Gasteiger partial charge in [-0.05, 0) is 41.8 Å². The maximum absolute atomic E-state index is 11.4. The monoisotopic (exact) mass is 343 g/mol. The topological polar surface area (TPSA) is 60.2 Å². The Hall–Kier alpha value is -1.07. The summed E-state index contributed by atoms with van der Waals surface area (Å²) >= 11 is 12.3. The van der Waals surface area contributed by atoms with Crippen molar-refractivity contribution in [3.63, 3.8) is 0 Å². The van der Waals surface area contributed by atoms with E-state index in [1.807, 2.05) is 0 Å². The lowest BCUT2D eigenvalue weighted by atomic mass is 10.00. The molecule has 3 nitrogen and oxygen atoms in total. The van der Waals surface area contributed by atoms with E-state index in [1.54, 1.807) is 42.5 Å². The van der Waals surface area contributed by atoms with Crippen LogP contribution in [0.25, 0.3) is 0 Å². The molecule has 0 radical (unpaired) electrons. The Bertz CT molecular complexity index is 723. The highest BCUT2D eigenvalue weighted by atomic mass is 35.5. The molecule has 0 bridgehead atoms. The van der Waals surface area contributed by atoms with E-state index in [2.05, 4.69) is 0 Å². The van der Waals surface area contributed by atoms with Crippen molar-refractivity contribution < 1.29 is 8.42 Å². The third-order valence-corrected chi connectivity index (χ3v) is 5.06. The molecule has 0 aromatic heterocycles. The van der Waals surface area contributed by atoms with Crippen LogP contribution in [0.1, 0.15) is 17.2 Å². The quantitative estimate of drug-likeness (QED) is 0.921. The average Bonchev–Trinajstić information content (AvgIpc) is 2.42. The lowest BCUT2D eigenvalue weighted by Gasteiger charge is -2.14. The van der Waals surface area contributed by atoms with Gasteiger partial charge in [-0.2, -0.15) is 0 Å². The minimum Gasteiger partial charge on any atom is -0.324 e. The molecule has 0 aliphatic heterocycles. The van der Waals surface area contributed by atoms with E-state index in [-0.39, 0.29) is 10.9 Å². The third kappa shape index (κ3) is 3.98. The van der Waals surface area contributed by atoms with Gasteiger partial charge in [-0.1, -0.05) is 41.4 Å². The molecule has 0 aliphatic carbocycles. The molecule has 0 saturated heterocycles. The van der Waals surface area contributed by atoms with Crippen molar-refractivity contribution in [3.05, 3.63) is 63.6 Å². The largest absolute Gasteiger partial charge is 0.324 e. The van der Waals surface area contributed by atoms with Crippen molar-refractivity contribution in [1.29, 1.82) is 0 Å². The van der Waals surface area contributed by atoms with Gasteiger partial charge in [0, 0.05) is 22.3 Å². The van der Waals surface area contributed by atoms with Gasteiger partial charge in [-0.15, -0.1) is 0 Å². The number of hydrogen-bond donors (Lipinski definition) is 1. The van der Waals surface area contributed by atoms with Crippen molar-refractivity contribution >= 4 is 33.0 Å². The summed E-state index contributed by atoms with van der Waals surface area (Å²) in [7, 11) is -3.20. The van der Waals surface area contributed by atoms with Crippen LogP contribution in [0, 0.1) is 0 Å². The molecule has 0 fully saturated rings. The Labute approximate surface area is 134 Å². The van der Waals surface area contributed by atoms with E-state index in [9.17, 15) is 8.42 Å². The molecule has 1 atom stereocenters. The molecule has 2 aromatic rings. The molecule has 0 amide bonds. The van der Waals surface area contributed by atoms with Crippen LogP contribution in [0.15, 0.2) is 47.4 Å². The summed E-state index contributed by atoms with van der Waals surface area (Å²) in [6.45, 7) is 0. The van der Waals surface area contributed by atoms with Crippen molar-refractivity contribution in [3.8, 4) is 0 Å². The van der Waals surface area contributed by atoms with E-state index in [4.69, 9.17) is 28.9 Å². The summed E-state index contributed by atoms with van der Waals surface area (Å²) in [6, 6.07) is 11.5. The number of sulfone groups is 1. The number of halogens is 2. The predicted octanol–water partition coefficient (Wildman–Crippen LogP) is 3.64. The predicted molar refractivity (Wildman–Crippen MR) is 86.6 cm³/mol. The highest BCUT2D eigenvalue weighted by Crippen LogP contribution is 2.28. The molecule has 6 heteroatoms. The van der Waals surface area contributed by atoms with E-state index >= 15 is 0 Å². The van der Waals surface area contributed by atoms with E-state index in [0.717, 1.165) is 11.1 Å². The summed E-state index contributed by atoms with van der Waals surface area (Å²) in [5.74, 6) is 0. The maximum Gasteiger partial charge on any atom is 0.175 e. The number of benzene rings is 2. The molecule has 2 aromatic carbocycles. The smallest absolute Gasteiger partial charge is 0.175 e. The molecule has 112 valence electrons. The van der Waals surface area contributed by atoms with Crippen molar-refractivity contribution in [1.82, 2.24) is 0 Å². The Kier molecular flexibility index (Phi) is 4.94. The van der Waals surface area contributed by atoms with Crippen molar-refractivity contribution in [2.75, 3.05) is 6.26 Å². The van der Waals surface area contributed by atoms with Gasteiger partial charge in [0.25, 0.3) is 0 Å². The minimum absolute atomic E-state index is 0.272. The van der Waals surface area contributed by atoms with Crippen LogP contribution in [0.4, 0.5) is 0 Å². The lowest BCUT2D eigenvalue weighted by molar-refractivity contribution is 0.601. The Morgan fingerprint density at radius 3 is 2.05 bits per heavy atom. The molecule has 2 N–H and O–H groups in total. The van der Waals surface area contributed by atoms with Crippen molar-refractivity contribution in [2.24, 2.45) is 5.73 Å². The highest BCUT2D eigenvalue weighted by molar-refractivity contribution is 7.90. The first kappa shape index (κ1) is 16.3. The lowest BCUT2D eigenvalue weighted by Crippen LogP contribution is -2.14. The first-order valence-electron chi connectivity index (χ1n) is 6.27. The zero-order chi connectivity index (χ0) is 15.6. The Balaban J connectivity index is 2.23. The van der Waals surface area contributed by atoms with Crippen LogP contribution < -0.4 is 5.73 Å². The molecular weight excluding hydrogens is 329 g/mol. The number of nitrogens with two attached hydrogens (primary N) is 1. The first-order valence-corrected chi connectivity index (χ1v) is 8.92. The summed E-state index contributed by atoms with van der Waals surface area (Å²) in [6.07, 6.45) is 1.65. The molecule has 0 heterocycles. The van der Waals surface area contributed by atoms with Gasteiger partial charge in [0.1, 0.15) is 0 Å². The van der Waals surface area contributed by atoms with E-state index in [0.29, 0.717) is 16.5 Å². The maximum atomic E-state index is 11.4. The summed E-state index contributed by atoms with van der Waals surface area (Å²) in [5, 5.41) is 1.15. The van der Waals surface area contributed by atoms with Gasteiger partial charge >= 0.3 is 0 Å². The van der Waals surface area contributed by atoms with Gasteiger partial charge < -0.3 is 5.73 Å². The molecule has 1 unspecified atom stereocenters. The molecular formula is C15H15Cl2NO2S.